The predicted molar refractivity (Wildman–Crippen MR) is 111 cm³/mol. The lowest BCUT2D eigenvalue weighted by Crippen LogP contribution is -2.40. The van der Waals surface area contributed by atoms with E-state index in [2.05, 4.69) is 20.9 Å². The highest BCUT2D eigenvalue weighted by Gasteiger charge is 2.27. The summed E-state index contributed by atoms with van der Waals surface area (Å²) in [5.74, 6) is -0.00156. The van der Waals surface area contributed by atoms with Gasteiger partial charge in [-0.25, -0.2) is 18.2 Å². The standard InChI is InChI=1S/C19H20BrN3O6S/c1-2-23-15-4-3-13(30(25,26)22-7-9-27-10-8-22)11-14(15)21-18(23)12-28-19(24)16-5-6-17(20)29-16/h3-6,11H,2,7-10,12H2,1H3. The van der Waals surface area contributed by atoms with Crippen molar-refractivity contribution >= 4 is 43.0 Å². The second-order valence-corrected chi connectivity index (χ2v) is 9.34. The Kier molecular flexibility index (Phi) is 5.96. The summed E-state index contributed by atoms with van der Waals surface area (Å²) in [6, 6.07) is 7.98. The zero-order valence-corrected chi connectivity index (χ0v) is 18.6. The first kappa shape index (κ1) is 21.0. The normalized spacial score (nSPS) is 15.5. The lowest BCUT2D eigenvalue weighted by molar-refractivity contribution is 0.0420. The monoisotopic (exact) mass is 497 g/mol. The van der Waals surface area contributed by atoms with E-state index in [1.807, 2.05) is 11.5 Å². The van der Waals surface area contributed by atoms with Crippen LogP contribution in [-0.2, 0) is 32.6 Å². The van der Waals surface area contributed by atoms with Crippen molar-refractivity contribution in [2.75, 3.05) is 26.3 Å². The zero-order valence-electron chi connectivity index (χ0n) is 16.2. The highest BCUT2D eigenvalue weighted by atomic mass is 79.9. The summed E-state index contributed by atoms with van der Waals surface area (Å²) in [7, 11) is -3.62. The second kappa shape index (κ2) is 8.50. The summed E-state index contributed by atoms with van der Waals surface area (Å²) in [6.45, 7) is 3.88. The topological polar surface area (TPSA) is 104 Å². The molecule has 4 rings (SSSR count). The van der Waals surface area contributed by atoms with Crippen molar-refractivity contribution in [2.24, 2.45) is 0 Å². The number of aryl methyl sites for hydroxylation is 1. The minimum Gasteiger partial charge on any atom is -0.452 e. The Balaban J connectivity index is 1.59. The fourth-order valence-corrected chi connectivity index (χ4v) is 5.08. The number of ether oxygens (including phenoxy) is 2. The van der Waals surface area contributed by atoms with E-state index < -0.39 is 16.0 Å². The third-order valence-electron chi connectivity index (χ3n) is 4.83. The summed E-state index contributed by atoms with van der Waals surface area (Å²) in [5, 5.41) is 0. The molecule has 2 aromatic heterocycles. The average molecular weight is 498 g/mol. The van der Waals surface area contributed by atoms with E-state index in [0.29, 0.717) is 48.9 Å². The van der Waals surface area contributed by atoms with Crippen LogP contribution >= 0.6 is 15.9 Å². The predicted octanol–water partition coefficient (Wildman–Crippen LogP) is 2.79. The van der Waals surface area contributed by atoms with Crippen LogP contribution in [0.3, 0.4) is 0 Å². The molecule has 160 valence electrons. The van der Waals surface area contributed by atoms with Gasteiger partial charge in [-0.15, -0.1) is 0 Å². The molecule has 1 aliphatic heterocycles. The number of nitrogens with zero attached hydrogens (tertiary/aromatic N) is 3. The van der Waals surface area contributed by atoms with Gasteiger partial charge in [-0.2, -0.15) is 4.31 Å². The quantitative estimate of drug-likeness (QED) is 0.482. The molecule has 1 fully saturated rings. The minimum atomic E-state index is -3.62. The van der Waals surface area contributed by atoms with E-state index in [1.54, 1.807) is 24.3 Å². The number of carbonyl (C=O) groups excluding carboxylic acids is 1. The number of aromatic nitrogens is 2. The summed E-state index contributed by atoms with van der Waals surface area (Å²) in [6.07, 6.45) is 0. The molecule has 0 spiro atoms. The van der Waals surface area contributed by atoms with E-state index in [4.69, 9.17) is 13.9 Å². The smallest absolute Gasteiger partial charge is 0.374 e. The average Bonchev–Trinajstić information content (AvgIpc) is 3.35. The van der Waals surface area contributed by atoms with Crippen LogP contribution in [-0.4, -0.2) is 54.5 Å². The molecule has 0 N–H and O–H groups in total. The summed E-state index contributed by atoms with van der Waals surface area (Å²) < 4.78 is 45.3. The van der Waals surface area contributed by atoms with Gasteiger partial charge in [-0.1, -0.05) is 0 Å². The SMILES string of the molecule is CCn1c(COC(=O)c2ccc(Br)o2)nc2cc(S(=O)(=O)N3CCOCC3)ccc21. The fourth-order valence-electron chi connectivity index (χ4n) is 3.34. The Hall–Kier alpha value is -2.21. The number of imidazole rings is 1. The van der Waals surface area contributed by atoms with Crippen molar-refractivity contribution in [1.29, 1.82) is 0 Å². The molecule has 0 atom stereocenters. The number of sulfonamides is 1. The van der Waals surface area contributed by atoms with Crippen molar-refractivity contribution in [3.05, 3.63) is 46.6 Å². The second-order valence-electron chi connectivity index (χ2n) is 6.62. The molecule has 1 saturated heterocycles. The first-order chi connectivity index (χ1) is 14.4. The van der Waals surface area contributed by atoms with Crippen molar-refractivity contribution < 1.29 is 27.1 Å². The van der Waals surface area contributed by atoms with Crippen molar-refractivity contribution in [3.8, 4) is 0 Å². The number of morpholine rings is 1. The molecule has 1 aliphatic rings. The third-order valence-corrected chi connectivity index (χ3v) is 7.15. The molecule has 9 nitrogen and oxygen atoms in total. The van der Waals surface area contributed by atoms with Gasteiger partial charge in [-0.3, -0.25) is 0 Å². The highest BCUT2D eigenvalue weighted by Crippen LogP contribution is 2.24. The zero-order chi connectivity index (χ0) is 21.3. The van der Waals surface area contributed by atoms with Crippen molar-refractivity contribution in [1.82, 2.24) is 13.9 Å². The lowest BCUT2D eigenvalue weighted by Gasteiger charge is -2.26. The Morgan fingerprint density at radius 2 is 2.00 bits per heavy atom. The van der Waals surface area contributed by atoms with Gasteiger partial charge in [0.25, 0.3) is 0 Å². The van der Waals surface area contributed by atoms with Crippen LogP contribution in [0.15, 0.2) is 44.3 Å². The Morgan fingerprint density at radius 3 is 2.67 bits per heavy atom. The molecule has 11 heteroatoms. The van der Waals surface area contributed by atoms with Crippen LogP contribution in [0, 0.1) is 0 Å². The number of esters is 1. The highest BCUT2D eigenvalue weighted by molar-refractivity contribution is 9.10. The first-order valence-electron chi connectivity index (χ1n) is 9.39. The first-order valence-corrected chi connectivity index (χ1v) is 11.6. The molecule has 0 saturated carbocycles. The van der Waals surface area contributed by atoms with Crippen molar-refractivity contribution in [2.45, 2.75) is 25.0 Å². The summed E-state index contributed by atoms with van der Waals surface area (Å²) in [5.41, 5.74) is 1.29. The molecule has 0 amide bonds. The largest absolute Gasteiger partial charge is 0.452 e. The Bertz CT molecular complexity index is 1180. The maximum absolute atomic E-state index is 12.9. The maximum Gasteiger partial charge on any atom is 0.374 e. The molecule has 0 unspecified atom stereocenters. The van der Waals surface area contributed by atoms with Crippen LogP contribution in [0.4, 0.5) is 0 Å². The third kappa shape index (κ3) is 4.02. The van der Waals surface area contributed by atoms with Crippen LogP contribution < -0.4 is 0 Å². The Labute approximate surface area is 181 Å². The number of benzene rings is 1. The van der Waals surface area contributed by atoms with Gasteiger partial charge in [0.05, 0.1) is 29.1 Å². The number of hydrogen-bond donors (Lipinski definition) is 0. The lowest BCUT2D eigenvalue weighted by atomic mass is 10.3. The van der Waals surface area contributed by atoms with Gasteiger partial charge in [0.15, 0.2) is 4.67 Å². The number of halogens is 1. The molecular weight excluding hydrogens is 478 g/mol. The summed E-state index contributed by atoms with van der Waals surface area (Å²) >= 11 is 3.14. The van der Waals surface area contributed by atoms with Gasteiger partial charge < -0.3 is 18.5 Å². The number of hydrogen-bond acceptors (Lipinski definition) is 7. The minimum absolute atomic E-state index is 0.0643. The van der Waals surface area contributed by atoms with E-state index in [-0.39, 0.29) is 17.3 Å². The molecular formula is C19H20BrN3O6S. The molecule has 30 heavy (non-hydrogen) atoms. The number of carbonyl (C=O) groups is 1. The number of furan rings is 1. The molecule has 3 heterocycles. The van der Waals surface area contributed by atoms with Crippen molar-refractivity contribution in [3.63, 3.8) is 0 Å². The van der Waals surface area contributed by atoms with E-state index in [0.717, 1.165) is 5.52 Å². The molecule has 1 aromatic carbocycles. The molecule has 0 aliphatic carbocycles. The van der Waals surface area contributed by atoms with Gasteiger partial charge >= 0.3 is 5.97 Å². The van der Waals surface area contributed by atoms with Gasteiger partial charge in [-0.05, 0) is 53.2 Å². The Morgan fingerprint density at radius 1 is 1.23 bits per heavy atom. The fraction of sp³-hybridized carbons (Fsp3) is 0.368. The van der Waals surface area contributed by atoms with Gasteiger partial charge in [0.2, 0.25) is 15.8 Å². The number of fused-ring (bicyclic) bond motifs is 1. The molecule has 0 radical (unpaired) electrons. The maximum atomic E-state index is 12.9. The van der Waals surface area contributed by atoms with E-state index >= 15 is 0 Å². The van der Waals surface area contributed by atoms with Crippen LogP contribution in [0.5, 0.6) is 0 Å². The number of rotatable bonds is 6. The summed E-state index contributed by atoms with van der Waals surface area (Å²) in [4.78, 5) is 16.8. The molecule has 0 bridgehead atoms. The van der Waals surface area contributed by atoms with E-state index in [1.165, 1.54) is 10.4 Å². The van der Waals surface area contributed by atoms with Gasteiger partial charge in [0, 0.05) is 19.6 Å². The van der Waals surface area contributed by atoms with Crippen LogP contribution in [0.2, 0.25) is 0 Å². The van der Waals surface area contributed by atoms with E-state index in [9.17, 15) is 13.2 Å². The van der Waals surface area contributed by atoms with Crippen LogP contribution in [0.25, 0.3) is 11.0 Å². The van der Waals surface area contributed by atoms with Crippen LogP contribution in [0.1, 0.15) is 23.3 Å². The van der Waals surface area contributed by atoms with Gasteiger partial charge in [0.1, 0.15) is 12.4 Å². The molecule has 3 aromatic rings.